The van der Waals surface area contributed by atoms with Gasteiger partial charge in [-0.05, 0) is 50.4 Å². The highest BCUT2D eigenvalue weighted by atomic mass is 16.6. The van der Waals surface area contributed by atoms with Gasteiger partial charge in [-0.15, -0.1) is 0 Å². The molecule has 3 aliphatic rings. The minimum absolute atomic E-state index is 0.0155. The van der Waals surface area contributed by atoms with Gasteiger partial charge in [0.2, 0.25) is 0 Å². The number of hydrogen-bond acceptors (Lipinski definition) is 2. The molecule has 3 fully saturated rings. The summed E-state index contributed by atoms with van der Waals surface area (Å²) in [4.78, 5) is 11.8. The lowest BCUT2D eigenvalue weighted by Gasteiger charge is -2.35. The maximum atomic E-state index is 11.8. The molecule has 0 aromatic carbocycles. The van der Waals surface area contributed by atoms with Gasteiger partial charge >= 0.3 is 5.97 Å². The molecule has 102 valence electrons. The van der Waals surface area contributed by atoms with Crippen LogP contribution in [0.1, 0.15) is 59.8 Å². The number of ether oxygens (including phenoxy) is 1. The third kappa shape index (κ3) is 1.38. The van der Waals surface area contributed by atoms with Gasteiger partial charge in [0.25, 0.3) is 0 Å². The van der Waals surface area contributed by atoms with Gasteiger partial charge in [0, 0.05) is 17.8 Å². The Labute approximate surface area is 110 Å². The van der Waals surface area contributed by atoms with E-state index in [4.69, 9.17) is 4.74 Å². The van der Waals surface area contributed by atoms with E-state index in [9.17, 15) is 4.79 Å². The van der Waals surface area contributed by atoms with Crippen LogP contribution in [0.15, 0.2) is 0 Å². The predicted octanol–water partition coefficient (Wildman–Crippen LogP) is 3.79. The normalized spacial score (nSPS) is 52.9. The zero-order chi connectivity index (χ0) is 13.1. The molecule has 2 nitrogen and oxygen atoms in total. The van der Waals surface area contributed by atoms with Crippen molar-refractivity contribution < 1.29 is 9.53 Å². The third-order valence-electron chi connectivity index (χ3n) is 6.30. The van der Waals surface area contributed by atoms with Crippen LogP contribution in [0.25, 0.3) is 0 Å². The van der Waals surface area contributed by atoms with Crippen molar-refractivity contribution in [2.75, 3.05) is 0 Å². The summed E-state index contributed by atoms with van der Waals surface area (Å²) in [6.45, 7) is 8.99. The molecule has 18 heavy (non-hydrogen) atoms. The van der Waals surface area contributed by atoms with E-state index in [-0.39, 0.29) is 17.0 Å². The number of hydrogen-bond donors (Lipinski definition) is 0. The first-order valence-electron chi connectivity index (χ1n) is 7.65. The van der Waals surface area contributed by atoms with Crippen molar-refractivity contribution in [1.29, 1.82) is 0 Å². The van der Waals surface area contributed by atoms with Crippen LogP contribution in [0, 0.1) is 29.1 Å². The van der Waals surface area contributed by atoms with Crippen LogP contribution in [0.2, 0.25) is 0 Å². The van der Waals surface area contributed by atoms with E-state index in [1.165, 1.54) is 19.3 Å². The van der Waals surface area contributed by atoms with Crippen LogP contribution in [-0.2, 0) is 9.53 Å². The van der Waals surface area contributed by atoms with Gasteiger partial charge < -0.3 is 4.74 Å². The number of fused-ring (bicyclic) bond motifs is 5. The first kappa shape index (κ1) is 12.5. The Bertz CT molecular complexity index is 375. The average molecular weight is 250 g/mol. The van der Waals surface area contributed by atoms with E-state index in [1.54, 1.807) is 0 Å². The third-order valence-corrected chi connectivity index (χ3v) is 6.30. The Morgan fingerprint density at radius 2 is 2.00 bits per heavy atom. The highest BCUT2D eigenvalue weighted by Crippen LogP contribution is 2.79. The molecule has 0 aromatic heterocycles. The zero-order valence-corrected chi connectivity index (χ0v) is 12.2. The summed E-state index contributed by atoms with van der Waals surface area (Å²) in [7, 11) is 0. The van der Waals surface area contributed by atoms with Crippen LogP contribution >= 0.6 is 0 Å². The lowest BCUT2D eigenvalue weighted by Crippen LogP contribution is -2.33. The molecule has 3 rings (SSSR count). The highest BCUT2D eigenvalue weighted by molar-refractivity contribution is 5.70. The molecular formula is C16H26O2. The second kappa shape index (κ2) is 3.74. The largest absolute Gasteiger partial charge is 0.458 e. The Balaban J connectivity index is 1.77. The van der Waals surface area contributed by atoms with Crippen molar-refractivity contribution in [2.24, 2.45) is 29.1 Å². The van der Waals surface area contributed by atoms with Crippen LogP contribution in [0.5, 0.6) is 0 Å². The van der Waals surface area contributed by atoms with Crippen molar-refractivity contribution in [3.05, 3.63) is 0 Å². The van der Waals surface area contributed by atoms with E-state index in [0.29, 0.717) is 12.3 Å². The molecule has 0 radical (unpaired) electrons. The fourth-order valence-corrected chi connectivity index (χ4v) is 5.52. The quantitative estimate of drug-likeness (QED) is 0.712. The zero-order valence-electron chi connectivity index (χ0n) is 12.2. The van der Waals surface area contributed by atoms with Crippen LogP contribution in [0.4, 0.5) is 0 Å². The molecule has 0 N–H and O–H groups in total. The summed E-state index contributed by atoms with van der Waals surface area (Å²) in [6, 6.07) is 0. The van der Waals surface area contributed by atoms with Crippen molar-refractivity contribution in [1.82, 2.24) is 0 Å². The standard InChI is InChI=1S/C16H26O2/c1-5-6-13(17)18-16(4)14-11-7-10(2)8-12(9-11)15(14,16)3/h10-12,14H,5-9H2,1-4H3. The van der Waals surface area contributed by atoms with Crippen LogP contribution in [-0.4, -0.2) is 11.6 Å². The van der Waals surface area contributed by atoms with Crippen LogP contribution < -0.4 is 0 Å². The molecule has 0 amide bonds. The van der Waals surface area contributed by atoms with E-state index in [2.05, 4.69) is 20.8 Å². The molecule has 0 aromatic rings. The average Bonchev–Trinajstić information content (AvgIpc) is 2.65. The van der Waals surface area contributed by atoms with E-state index in [0.717, 1.165) is 24.2 Å². The number of rotatable bonds is 3. The summed E-state index contributed by atoms with van der Waals surface area (Å²) >= 11 is 0. The Hall–Kier alpha value is -0.530. The number of carbonyl (C=O) groups is 1. The molecule has 0 saturated heterocycles. The molecule has 3 aliphatic carbocycles. The maximum Gasteiger partial charge on any atom is 0.306 e. The fourth-order valence-electron chi connectivity index (χ4n) is 5.52. The Morgan fingerprint density at radius 3 is 2.61 bits per heavy atom. The molecule has 0 heterocycles. The van der Waals surface area contributed by atoms with Gasteiger partial charge in [0.1, 0.15) is 5.60 Å². The van der Waals surface area contributed by atoms with Gasteiger partial charge in [-0.2, -0.15) is 0 Å². The SMILES string of the molecule is CCCC(=O)OC1(C)C2C3CC(C)CC(C3)C21C. The molecule has 0 aliphatic heterocycles. The number of esters is 1. The predicted molar refractivity (Wildman–Crippen MR) is 71.0 cm³/mol. The van der Waals surface area contributed by atoms with Gasteiger partial charge in [0.15, 0.2) is 0 Å². The highest BCUT2D eigenvalue weighted by Gasteiger charge is 2.82. The summed E-state index contributed by atoms with van der Waals surface area (Å²) in [5.74, 6) is 3.12. The molecule has 2 heteroatoms. The molecule has 2 bridgehead atoms. The minimum Gasteiger partial charge on any atom is -0.458 e. The minimum atomic E-state index is -0.146. The van der Waals surface area contributed by atoms with Crippen molar-refractivity contribution in [3.8, 4) is 0 Å². The van der Waals surface area contributed by atoms with Gasteiger partial charge in [-0.1, -0.05) is 20.8 Å². The van der Waals surface area contributed by atoms with Crippen molar-refractivity contribution >= 4 is 5.97 Å². The molecule has 6 unspecified atom stereocenters. The van der Waals surface area contributed by atoms with Gasteiger partial charge in [0.05, 0.1) is 0 Å². The summed E-state index contributed by atoms with van der Waals surface area (Å²) in [5.41, 5.74) is 0.138. The summed E-state index contributed by atoms with van der Waals surface area (Å²) in [6.07, 6.45) is 5.53. The second-order valence-electron chi connectivity index (χ2n) is 7.36. The monoisotopic (exact) mass is 250 g/mol. The Kier molecular flexibility index (Phi) is 2.60. The lowest BCUT2D eigenvalue weighted by molar-refractivity contribution is -0.155. The van der Waals surface area contributed by atoms with E-state index < -0.39 is 0 Å². The fraction of sp³-hybridized carbons (Fsp3) is 0.938. The molecule has 3 saturated carbocycles. The first-order chi connectivity index (χ1) is 8.43. The van der Waals surface area contributed by atoms with E-state index >= 15 is 0 Å². The topological polar surface area (TPSA) is 26.3 Å². The molecule has 0 spiro atoms. The van der Waals surface area contributed by atoms with Gasteiger partial charge in [-0.3, -0.25) is 4.79 Å². The molecule has 6 atom stereocenters. The molecular weight excluding hydrogens is 224 g/mol. The smallest absolute Gasteiger partial charge is 0.306 e. The van der Waals surface area contributed by atoms with Gasteiger partial charge in [-0.25, -0.2) is 0 Å². The first-order valence-corrected chi connectivity index (χ1v) is 7.65. The van der Waals surface area contributed by atoms with Crippen molar-refractivity contribution in [2.45, 2.75) is 65.4 Å². The number of carbonyl (C=O) groups excluding carboxylic acids is 1. The summed E-state index contributed by atoms with van der Waals surface area (Å²) < 4.78 is 5.89. The van der Waals surface area contributed by atoms with Crippen LogP contribution in [0.3, 0.4) is 0 Å². The van der Waals surface area contributed by atoms with E-state index in [1.807, 2.05) is 6.92 Å². The second-order valence-corrected chi connectivity index (χ2v) is 7.36. The van der Waals surface area contributed by atoms with Crippen molar-refractivity contribution in [3.63, 3.8) is 0 Å². The maximum absolute atomic E-state index is 11.8. The Morgan fingerprint density at radius 1 is 1.28 bits per heavy atom. The summed E-state index contributed by atoms with van der Waals surface area (Å²) in [5, 5.41) is 0. The lowest BCUT2D eigenvalue weighted by atomic mass is 9.73.